The predicted molar refractivity (Wildman–Crippen MR) is 71.8 cm³/mol. The second-order valence-electron chi connectivity index (χ2n) is 4.16. The minimum Gasteiger partial charge on any atom is -0.383 e. The van der Waals surface area contributed by atoms with E-state index in [2.05, 4.69) is 5.10 Å². The first-order chi connectivity index (χ1) is 9.47. The van der Waals surface area contributed by atoms with Crippen LogP contribution in [-0.2, 0) is 5.75 Å². The molecule has 0 saturated carbocycles. The molecule has 0 spiro atoms. The Balaban J connectivity index is 1.88. The van der Waals surface area contributed by atoms with Crippen LogP contribution in [0.3, 0.4) is 0 Å². The van der Waals surface area contributed by atoms with Gasteiger partial charge in [0.15, 0.2) is 6.10 Å². The number of hydrogen-bond acceptors (Lipinski definition) is 3. The van der Waals surface area contributed by atoms with Gasteiger partial charge in [0.25, 0.3) is 0 Å². The molecule has 1 atom stereocenters. The van der Waals surface area contributed by atoms with Gasteiger partial charge >= 0.3 is 6.18 Å². The molecule has 1 heterocycles. The van der Waals surface area contributed by atoms with Gasteiger partial charge in [0.2, 0.25) is 0 Å². The molecule has 108 valence electrons. The van der Waals surface area contributed by atoms with E-state index in [1.54, 1.807) is 16.9 Å². The predicted octanol–water partition coefficient (Wildman–Crippen LogP) is 3.03. The first kappa shape index (κ1) is 14.9. The highest BCUT2D eigenvalue weighted by atomic mass is 32.2. The maximum absolute atomic E-state index is 12.1. The van der Waals surface area contributed by atoms with Crippen molar-refractivity contribution in [2.45, 2.75) is 18.0 Å². The smallest absolute Gasteiger partial charge is 0.383 e. The molecule has 7 heteroatoms. The summed E-state index contributed by atoms with van der Waals surface area (Å²) >= 11 is 1.00. The molecule has 3 nitrogen and oxygen atoms in total. The second kappa shape index (κ2) is 6.32. The molecule has 1 aromatic heterocycles. The van der Waals surface area contributed by atoms with Gasteiger partial charge in [-0.3, -0.25) is 0 Å². The van der Waals surface area contributed by atoms with Crippen molar-refractivity contribution >= 4 is 11.8 Å². The molecule has 0 bridgehead atoms. The summed E-state index contributed by atoms with van der Waals surface area (Å²) in [7, 11) is 0. The Kier molecular flexibility index (Phi) is 4.72. The van der Waals surface area contributed by atoms with E-state index >= 15 is 0 Å². The van der Waals surface area contributed by atoms with Gasteiger partial charge in [0, 0.05) is 17.7 Å². The monoisotopic (exact) mass is 302 g/mol. The molecule has 0 saturated heterocycles. The number of hydrogen-bond donors (Lipinski definition) is 1. The van der Waals surface area contributed by atoms with E-state index in [1.807, 2.05) is 30.3 Å². The molecule has 20 heavy (non-hydrogen) atoms. The van der Waals surface area contributed by atoms with E-state index in [0.717, 1.165) is 17.4 Å². The van der Waals surface area contributed by atoms with Gasteiger partial charge in [-0.2, -0.15) is 30.0 Å². The van der Waals surface area contributed by atoms with Gasteiger partial charge in [-0.05, 0) is 18.2 Å². The lowest BCUT2D eigenvalue weighted by molar-refractivity contribution is -0.195. The van der Waals surface area contributed by atoms with Crippen molar-refractivity contribution < 1.29 is 18.3 Å². The Labute approximate surface area is 118 Å². The summed E-state index contributed by atoms with van der Waals surface area (Å²) in [5, 5.41) is 13.1. The van der Waals surface area contributed by atoms with Crippen molar-refractivity contribution in [3.05, 3.63) is 48.3 Å². The lowest BCUT2D eigenvalue weighted by Gasteiger charge is -2.13. The third-order valence-electron chi connectivity index (χ3n) is 2.57. The molecule has 1 aromatic carbocycles. The van der Waals surface area contributed by atoms with Crippen molar-refractivity contribution in [1.29, 1.82) is 0 Å². The van der Waals surface area contributed by atoms with Gasteiger partial charge < -0.3 is 5.11 Å². The quantitative estimate of drug-likeness (QED) is 0.922. The maximum Gasteiger partial charge on any atom is 0.415 e. The third-order valence-corrected chi connectivity index (χ3v) is 3.62. The number of aliphatic hydroxyl groups excluding tert-OH is 1. The molecule has 0 radical (unpaired) electrons. The SMILES string of the molecule is O[C@@H](CSCc1ccn(-c2ccccc2)n1)C(F)(F)F. The lowest BCUT2D eigenvalue weighted by Crippen LogP contribution is -2.30. The normalized spacial score (nSPS) is 13.4. The van der Waals surface area contributed by atoms with Crippen molar-refractivity contribution in [1.82, 2.24) is 9.78 Å². The van der Waals surface area contributed by atoms with Crippen LogP contribution in [0.4, 0.5) is 13.2 Å². The Bertz CT molecular complexity index is 542. The molecular weight excluding hydrogens is 289 g/mol. The standard InChI is InChI=1S/C13H13F3N2OS/c14-13(15,16)12(19)9-20-8-10-6-7-18(17-10)11-4-2-1-3-5-11/h1-7,12,19H,8-9H2/t12-/m0/s1. The van der Waals surface area contributed by atoms with Gasteiger partial charge in [0.1, 0.15) is 0 Å². The van der Waals surface area contributed by atoms with Crippen molar-refractivity contribution in [2.24, 2.45) is 0 Å². The number of rotatable bonds is 5. The van der Waals surface area contributed by atoms with E-state index in [9.17, 15) is 13.2 Å². The summed E-state index contributed by atoms with van der Waals surface area (Å²) in [6.45, 7) is 0. The van der Waals surface area contributed by atoms with Gasteiger partial charge in [-0.1, -0.05) is 18.2 Å². The molecule has 0 aliphatic heterocycles. The van der Waals surface area contributed by atoms with Crippen LogP contribution in [0.2, 0.25) is 0 Å². The van der Waals surface area contributed by atoms with Crippen molar-refractivity contribution in [3.8, 4) is 5.69 Å². The van der Waals surface area contributed by atoms with E-state index in [1.165, 1.54) is 0 Å². The molecular formula is C13H13F3N2OS. The average molecular weight is 302 g/mol. The number of alkyl halides is 3. The average Bonchev–Trinajstić information content (AvgIpc) is 2.87. The molecule has 1 N–H and O–H groups in total. The van der Waals surface area contributed by atoms with Gasteiger partial charge in [0.05, 0.1) is 11.4 Å². The molecule has 0 aliphatic rings. The summed E-state index contributed by atoms with van der Waals surface area (Å²) in [4.78, 5) is 0. The summed E-state index contributed by atoms with van der Waals surface area (Å²) in [5.41, 5.74) is 1.56. The van der Waals surface area contributed by atoms with Crippen LogP contribution in [0.1, 0.15) is 5.69 Å². The van der Waals surface area contributed by atoms with Crippen LogP contribution in [0.5, 0.6) is 0 Å². The zero-order valence-corrected chi connectivity index (χ0v) is 11.2. The first-order valence-corrected chi connectivity index (χ1v) is 7.05. The van der Waals surface area contributed by atoms with Crippen LogP contribution < -0.4 is 0 Å². The van der Waals surface area contributed by atoms with Crippen molar-refractivity contribution in [2.75, 3.05) is 5.75 Å². The number of nitrogens with zero attached hydrogens (tertiary/aromatic N) is 2. The fourth-order valence-corrected chi connectivity index (χ4v) is 2.43. The first-order valence-electron chi connectivity index (χ1n) is 5.89. The lowest BCUT2D eigenvalue weighted by atomic mass is 10.3. The maximum atomic E-state index is 12.1. The number of thioether (sulfide) groups is 1. The number of benzene rings is 1. The van der Waals surface area contributed by atoms with Gasteiger partial charge in [-0.25, -0.2) is 4.68 Å². The molecule has 0 amide bonds. The summed E-state index contributed by atoms with van der Waals surface area (Å²) in [5.74, 6) is -0.0608. The summed E-state index contributed by atoms with van der Waals surface area (Å²) in [6.07, 6.45) is -5.09. The molecule has 0 aliphatic carbocycles. The van der Waals surface area contributed by atoms with Crippen LogP contribution in [0.15, 0.2) is 42.6 Å². The highest BCUT2D eigenvalue weighted by molar-refractivity contribution is 7.98. The molecule has 2 aromatic rings. The number of halogens is 3. The van der Waals surface area contributed by atoms with Gasteiger partial charge in [-0.15, -0.1) is 0 Å². The third kappa shape index (κ3) is 4.01. The molecule has 2 rings (SSSR count). The zero-order chi connectivity index (χ0) is 14.6. The second-order valence-corrected chi connectivity index (χ2v) is 5.19. The fourth-order valence-electron chi connectivity index (χ4n) is 1.53. The zero-order valence-electron chi connectivity index (χ0n) is 10.4. The summed E-state index contributed by atoms with van der Waals surface area (Å²) < 4.78 is 38.0. The van der Waals surface area contributed by atoms with E-state index in [-0.39, 0.29) is 5.75 Å². The number of para-hydroxylation sites is 1. The van der Waals surface area contributed by atoms with Crippen LogP contribution >= 0.6 is 11.8 Å². The largest absolute Gasteiger partial charge is 0.415 e. The Morgan fingerprint density at radius 1 is 1.20 bits per heavy atom. The highest BCUT2D eigenvalue weighted by Gasteiger charge is 2.37. The summed E-state index contributed by atoms with van der Waals surface area (Å²) in [6, 6.07) is 11.2. The molecule has 0 fully saturated rings. The minimum absolute atomic E-state index is 0.326. The minimum atomic E-state index is -4.56. The Morgan fingerprint density at radius 2 is 1.90 bits per heavy atom. The van der Waals surface area contributed by atoms with Crippen LogP contribution in [-0.4, -0.2) is 32.9 Å². The number of aliphatic hydroxyl groups is 1. The fraction of sp³-hybridized carbons (Fsp3) is 0.308. The Hall–Kier alpha value is -1.47. The Morgan fingerprint density at radius 3 is 2.55 bits per heavy atom. The van der Waals surface area contributed by atoms with E-state index in [0.29, 0.717) is 11.4 Å². The van der Waals surface area contributed by atoms with E-state index < -0.39 is 12.3 Å². The number of aromatic nitrogens is 2. The topological polar surface area (TPSA) is 38.0 Å². The van der Waals surface area contributed by atoms with Crippen molar-refractivity contribution in [3.63, 3.8) is 0 Å². The van der Waals surface area contributed by atoms with Crippen LogP contribution in [0, 0.1) is 0 Å². The van der Waals surface area contributed by atoms with E-state index in [4.69, 9.17) is 5.11 Å². The molecule has 0 unspecified atom stereocenters. The highest BCUT2D eigenvalue weighted by Crippen LogP contribution is 2.24. The van der Waals surface area contributed by atoms with Crippen LogP contribution in [0.25, 0.3) is 5.69 Å².